The summed E-state index contributed by atoms with van der Waals surface area (Å²) in [4.78, 5) is 17.3. The third-order valence-electron chi connectivity index (χ3n) is 6.33. The summed E-state index contributed by atoms with van der Waals surface area (Å²) < 4.78 is 5.96. The molecule has 1 aliphatic rings. The Kier molecular flexibility index (Phi) is 6.74. The largest absolute Gasteiger partial charge is 0.353 e. The van der Waals surface area contributed by atoms with E-state index in [0.717, 1.165) is 61.9 Å². The van der Waals surface area contributed by atoms with Crippen LogP contribution < -0.4 is 15.5 Å². The van der Waals surface area contributed by atoms with Crippen molar-refractivity contribution in [1.29, 1.82) is 0 Å². The molecule has 3 aromatic carbocycles. The molecular weight excluding hydrogens is 442 g/mol. The van der Waals surface area contributed by atoms with E-state index in [4.69, 9.17) is 4.37 Å². The summed E-state index contributed by atoms with van der Waals surface area (Å²) in [7, 11) is 0. The average Bonchev–Trinajstić information content (AvgIpc) is 3.29. The van der Waals surface area contributed by atoms with Gasteiger partial charge in [-0.15, -0.1) is 0 Å². The first kappa shape index (κ1) is 22.4. The van der Waals surface area contributed by atoms with Crippen molar-refractivity contribution in [2.24, 2.45) is 0 Å². The Balaban J connectivity index is 1.12. The van der Waals surface area contributed by atoms with Crippen molar-refractivity contribution >= 4 is 44.8 Å². The average molecular weight is 472 g/mol. The van der Waals surface area contributed by atoms with Crippen LogP contribution in [0.15, 0.2) is 72.8 Å². The second kappa shape index (κ2) is 10.2. The van der Waals surface area contributed by atoms with Crippen molar-refractivity contribution in [3.63, 3.8) is 0 Å². The molecule has 4 aromatic rings. The van der Waals surface area contributed by atoms with E-state index in [9.17, 15) is 4.79 Å². The SMILES string of the molecule is Cc1ccccc1NC(=O)Nc1cccc(CCN2CCN(c3nsc4ccccc34)CC2)c1. The summed E-state index contributed by atoms with van der Waals surface area (Å²) in [6, 6.07) is 24.1. The Morgan fingerprint density at radius 2 is 1.74 bits per heavy atom. The highest BCUT2D eigenvalue weighted by molar-refractivity contribution is 7.13. The first-order valence-corrected chi connectivity index (χ1v) is 12.5. The number of nitrogens with one attached hydrogen (secondary N) is 2. The fourth-order valence-corrected chi connectivity index (χ4v) is 5.17. The highest BCUT2D eigenvalue weighted by Gasteiger charge is 2.20. The fraction of sp³-hybridized carbons (Fsp3) is 0.259. The fourth-order valence-electron chi connectivity index (χ4n) is 4.37. The highest BCUT2D eigenvalue weighted by Crippen LogP contribution is 2.29. The minimum Gasteiger partial charge on any atom is -0.353 e. The number of para-hydroxylation sites is 1. The number of urea groups is 1. The standard InChI is InChI=1S/C27H29N5OS/c1-20-7-2-4-11-24(20)29-27(33)28-22-9-6-8-21(19-22)13-14-31-15-17-32(18-16-31)26-23-10-3-5-12-25(23)34-30-26/h2-12,19H,13-18H2,1H3,(H2,28,29,33). The van der Waals surface area contributed by atoms with Crippen LogP contribution in [0, 0.1) is 6.92 Å². The number of nitrogens with zero attached hydrogens (tertiary/aromatic N) is 3. The number of benzene rings is 3. The van der Waals surface area contributed by atoms with Crippen LogP contribution in [0.4, 0.5) is 22.0 Å². The van der Waals surface area contributed by atoms with Gasteiger partial charge in [0, 0.05) is 49.5 Å². The van der Waals surface area contributed by atoms with Crippen molar-refractivity contribution in [2.75, 3.05) is 48.3 Å². The van der Waals surface area contributed by atoms with E-state index in [-0.39, 0.29) is 6.03 Å². The van der Waals surface area contributed by atoms with Gasteiger partial charge >= 0.3 is 6.03 Å². The monoisotopic (exact) mass is 471 g/mol. The zero-order chi connectivity index (χ0) is 23.3. The number of fused-ring (bicyclic) bond motifs is 1. The van der Waals surface area contributed by atoms with Crippen molar-refractivity contribution < 1.29 is 4.79 Å². The van der Waals surface area contributed by atoms with E-state index >= 15 is 0 Å². The Bertz CT molecular complexity index is 1280. The van der Waals surface area contributed by atoms with Gasteiger partial charge < -0.3 is 15.5 Å². The molecule has 0 atom stereocenters. The summed E-state index contributed by atoms with van der Waals surface area (Å²) in [5.41, 5.74) is 3.89. The van der Waals surface area contributed by atoms with Crippen LogP contribution >= 0.6 is 11.5 Å². The molecule has 7 heteroatoms. The molecule has 0 unspecified atom stereocenters. The molecule has 2 N–H and O–H groups in total. The lowest BCUT2D eigenvalue weighted by Crippen LogP contribution is -2.47. The van der Waals surface area contributed by atoms with Gasteiger partial charge in [-0.3, -0.25) is 4.90 Å². The smallest absolute Gasteiger partial charge is 0.323 e. The third kappa shape index (κ3) is 5.21. The van der Waals surface area contributed by atoms with Gasteiger partial charge in [0.15, 0.2) is 0 Å². The number of amides is 2. The van der Waals surface area contributed by atoms with Crippen LogP contribution in [0.5, 0.6) is 0 Å². The molecule has 2 heterocycles. The maximum atomic E-state index is 12.4. The predicted molar refractivity (Wildman–Crippen MR) is 142 cm³/mol. The first-order chi connectivity index (χ1) is 16.7. The number of hydrogen-bond acceptors (Lipinski definition) is 5. The number of aromatic nitrogens is 1. The number of carbonyl (C=O) groups is 1. The van der Waals surface area contributed by atoms with Crippen LogP contribution in [0.25, 0.3) is 10.1 Å². The molecule has 1 saturated heterocycles. The van der Waals surface area contributed by atoms with Gasteiger partial charge in [0.1, 0.15) is 5.82 Å². The predicted octanol–water partition coefficient (Wildman–Crippen LogP) is 5.61. The van der Waals surface area contributed by atoms with Crippen molar-refractivity contribution in [2.45, 2.75) is 13.3 Å². The lowest BCUT2D eigenvalue weighted by molar-refractivity contribution is 0.260. The quantitative estimate of drug-likeness (QED) is 0.384. The Morgan fingerprint density at radius 1 is 0.941 bits per heavy atom. The van der Waals surface area contributed by atoms with Gasteiger partial charge in [0.25, 0.3) is 0 Å². The van der Waals surface area contributed by atoms with Crippen LogP contribution in [0.1, 0.15) is 11.1 Å². The maximum absolute atomic E-state index is 12.4. The normalized spacial score (nSPS) is 14.3. The Hall–Kier alpha value is -3.42. The van der Waals surface area contributed by atoms with Crippen LogP contribution in [0.2, 0.25) is 0 Å². The topological polar surface area (TPSA) is 60.5 Å². The zero-order valence-electron chi connectivity index (χ0n) is 19.3. The number of rotatable bonds is 6. The molecule has 174 valence electrons. The zero-order valence-corrected chi connectivity index (χ0v) is 20.1. The van der Waals surface area contributed by atoms with E-state index in [1.165, 1.54) is 15.6 Å². The second-order valence-electron chi connectivity index (χ2n) is 8.68. The van der Waals surface area contributed by atoms with Gasteiger partial charge in [0.2, 0.25) is 0 Å². The summed E-state index contributed by atoms with van der Waals surface area (Å²) in [5.74, 6) is 1.13. The van der Waals surface area contributed by atoms with Crippen LogP contribution in [-0.2, 0) is 6.42 Å². The minimum absolute atomic E-state index is 0.225. The van der Waals surface area contributed by atoms with Crippen molar-refractivity contribution in [1.82, 2.24) is 9.27 Å². The van der Waals surface area contributed by atoms with Crippen LogP contribution in [-0.4, -0.2) is 48.0 Å². The molecule has 2 amide bonds. The third-order valence-corrected chi connectivity index (χ3v) is 7.14. The molecule has 34 heavy (non-hydrogen) atoms. The number of aryl methyl sites for hydroxylation is 1. The lowest BCUT2D eigenvalue weighted by atomic mass is 10.1. The van der Waals surface area contributed by atoms with E-state index in [2.05, 4.69) is 56.8 Å². The highest BCUT2D eigenvalue weighted by atomic mass is 32.1. The summed E-state index contributed by atoms with van der Waals surface area (Å²) in [6.07, 6.45) is 0.953. The van der Waals surface area contributed by atoms with Gasteiger partial charge in [-0.25, -0.2) is 4.79 Å². The molecule has 5 rings (SSSR count). The molecule has 0 bridgehead atoms. The van der Waals surface area contributed by atoms with E-state index in [0.29, 0.717) is 0 Å². The van der Waals surface area contributed by atoms with Crippen molar-refractivity contribution in [3.05, 3.63) is 83.9 Å². The van der Waals surface area contributed by atoms with Crippen LogP contribution in [0.3, 0.4) is 0 Å². The molecule has 0 radical (unpaired) electrons. The second-order valence-corrected chi connectivity index (χ2v) is 9.48. The van der Waals surface area contributed by atoms with Gasteiger partial charge in [0.05, 0.1) is 4.70 Å². The molecular formula is C27H29N5OS. The van der Waals surface area contributed by atoms with Gasteiger partial charge in [-0.2, -0.15) is 4.37 Å². The number of piperazine rings is 1. The first-order valence-electron chi connectivity index (χ1n) is 11.7. The summed E-state index contributed by atoms with van der Waals surface area (Å²) in [6.45, 7) is 7.04. The molecule has 1 fully saturated rings. The Morgan fingerprint density at radius 3 is 2.59 bits per heavy atom. The van der Waals surface area contributed by atoms with E-state index < -0.39 is 0 Å². The molecule has 6 nitrogen and oxygen atoms in total. The molecule has 1 aromatic heterocycles. The summed E-state index contributed by atoms with van der Waals surface area (Å²) in [5, 5.41) is 7.14. The molecule has 1 aliphatic heterocycles. The number of anilines is 3. The number of hydrogen-bond donors (Lipinski definition) is 2. The van der Waals surface area contributed by atoms with E-state index in [1.807, 2.05) is 43.3 Å². The lowest BCUT2D eigenvalue weighted by Gasteiger charge is -2.35. The Labute approximate surface area is 204 Å². The molecule has 0 spiro atoms. The maximum Gasteiger partial charge on any atom is 0.323 e. The number of carbonyl (C=O) groups excluding carboxylic acids is 1. The van der Waals surface area contributed by atoms with Gasteiger partial charge in [-0.1, -0.05) is 42.5 Å². The van der Waals surface area contributed by atoms with E-state index in [1.54, 1.807) is 11.5 Å². The van der Waals surface area contributed by atoms with Crippen molar-refractivity contribution in [3.8, 4) is 0 Å². The molecule has 0 aliphatic carbocycles. The summed E-state index contributed by atoms with van der Waals surface area (Å²) >= 11 is 1.58. The minimum atomic E-state index is -0.225. The van der Waals surface area contributed by atoms with Gasteiger partial charge in [-0.05, 0) is 66.3 Å². The molecule has 0 saturated carbocycles.